The molecular formula is C17H16ClNO2. The number of methoxy groups -OCH3 is 2. The maximum Gasteiger partial charge on any atom is 0.131 e. The van der Waals surface area contributed by atoms with Crippen LogP contribution in [0, 0.1) is 0 Å². The number of hydrogen-bond donors (Lipinski definition) is 1. The third-order valence-electron chi connectivity index (χ3n) is 3.53. The Balaban J connectivity index is 2.13. The number of hydrogen-bond acceptors (Lipinski definition) is 3. The van der Waals surface area contributed by atoms with Crippen LogP contribution in [0.25, 0.3) is 11.6 Å². The van der Waals surface area contributed by atoms with Gasteiger partial charge in [0.05, 0.1) is 19.9 Å². The Morgan fingerprint density at radius 3 is 2.48 bits per heavy atom. The quantitative estimate of drug-likeness (QED) is 0.679. The highest BCUT2D eigenvalue weighted by Gasteiger charge is 2.23. The molecule has 2 aromatic rings. The van der Waals surface area contributed by atoms with Crippen LogP contribution in [0.1, 0.15) is 11.1 Å². The first-order valence-electron chi connectivity index (χ1n) is 6.66. The molecule has 108 valence electrons. The zero-order valence-electron chi connectivity index (χ0n) is 11.9. The lowest BCUT2D eigenvalue weighted by Gasteiger charge is -2.26. The highest BCUT2D eigenvalue weighted by Crippen LogP contribution is 2.41. The van der Waals surface area contributed by atoms with Crippen LogP contribution in [0.5, 0.6) is 11.5 Å². The van der Waals surface area contributed by atoms with Gasteiger partial charge in [0.25, 0.3) is 0 Å². The minimum absolute atomic E-state index is 0.295. The lowest BCUT2D eigenvalue weighted by Crippen LogP contribution is -2.19. The van der Waals surface area contributed by atoms with Gasteiger partial charge in [-0.2, -0.15) is 0 Å². The van der Waals surface area contributed by atoms with Crippen molar-refractivity contribution in [3.05, 3.63) is 53.6 Å². The fourth-order valence-corrected chi connectivity index (χ4v) is 2.77. The first-order valence-corrected chi connectivity index (χ1v) is 7.10. The van der Waals surface area contributed by atoms with Gasteiger partial charge in [0, 0.05) is 17.7 Å². The predicted molar refractivity (Wildman–Crippen MR) is 87.1 cm³/mol. The largest absolute Gasteiger partial charge is 0.497 e. The molecule has 0 saturated heterocycles. The number of anilines is 1. The van der Waals surface area contributed by atoms with Gasteiger partial charge in [0.1, 0.15) is 17.0 Å². The van der Waals surface area contributed by atoms with Crippen LogP contribution < -0.4 is 14.8 Å². The van der Waals surface area contributed by atoms with Crippen LogP contribution in [0.3, 0.4) is 0 Å². The summed E-state index contributed by atoms with van der Waals surface area (Å²) in [5.41, 5.74) is 3.71. The van der Waals surface area contributed by atoms with Crippen molar-refractivity contribution in [2.45, 2.75) is 5.50 Å². The summed E-state index contributed by atoms with van der Waals surface area (Å²) in [7, 11) is 3.28. The highest BCUT2D eigenvalue weighted by atomic mass is 35.5. The summed E-state index contributed by atoms with van der Waals surface area (Å²) in [6, 6.07) is 13.9. The van der Waals surface area contributed by atoms with Crippen LogP contribution in [-0.2, 0) is 0 Å². The molecule has 0 saturated carbocycles. The van der Waals surface area contributed by atoms with E-state index < -0.39 is 0 Å². The fourth-order valence-electron chi connectivity index (χ4n) is 2.46. The Labute approximate surface area is 129 Å². The van der Waals surface area contributed by atoms with E-state index in [9.17, 15) is 0 Å². The van der Waals surface area contributed by atoms with E-state index in [1.54, 1.807) is 14.2 Å². The molecule has 0 spiro atoms. The molecule has 0 fully saturated rings. The number of benzene rings is 2. The average molecular weight is 302 g/mol. The summed E-state index contributed by atoms with van der Waals surface area (Å²) >= 11 is 6.47. The van der Waals surface area contributed by atoms with E-state index in [1.165, 1.54) is 0 Å². The summed E-state index contributed by atoms with van der Waals surface area (Å²) in [5, 5.41) is 3.29. The highest BCUT2D eigenvalue weighted by molar-refractivity contribution is 6.29. The lowest BCUT2D eigenvalue weighted by atomic mass is 9.97. The first-order chi connectivity index (χ1) is 10.2. The van der Waals surface area contributed by atoms with Gasteiger partial charge < -0.3 is 14.8 Å². The van der Waals surface area contributed by atoms with Gasteiger partial charge >= 0.3 is 0 Å². The molecule has 3 nitrogen and oxygen atoms in total. The number of nitrogens with one attached hydrogen (secondary N) is 1. The minimum atomic E-state index is -0.295. The van der Waals surface area contributed by atoms with Crippen molar-refractivity contribution in [3.63, 3.8) is 0 Å². The van der Waals surface area contributed by atoms with Gasteiger partial charge in [-0.25, -0.2) is 0 Å². The molecule has 4 heteroatoms. The van der Waals surface area contributed by atoms with Gasteiger partial charge in [0.2, 0.25) is 0 Å². The number of alkyl halides is 1. The Hall–Kier alpha value is -2.13. The normalized spacial score (nSPS) is 16.5. The molecule has 0 radical (unpaired) electrons. The van der Waals surface area contributed by atoms with Crippen molar-refractivity contribution in [1.29, 1.82) is 0 Å². The second-order valence-electron chi connectivity index (χ2n) is 4.76. The molecule has 0 bridgehead atoms. The molecule has 1 unspecified atom stereocenters. The molecule has 2 aromatic carbocycles. The monoisotopic (exact) mass is 301 g/mol. The minimum Gasteiger partial charge on any atom is -0.497 e. The predicted octanol–water partition coefficient (Wildman–Crippen LogP) is 4.23. The van der Waals surface area contributed by atoms with Crippen molar-refractivity contribution in [1.82, 2.24) is 0 Å². The van der Waals surface area contributed by atoms with E-state index >= 15 is 0 Å². The summed E-state index contributed by atoms with van der Waals surface area (Å²) in [6.45, 7) is 0. The maximum absolute atomic E-state index is 6.47. The zero-order valence-corrected chi connectivity index (χ0v) is 12.6. The SMILES string of the molecule is COc1cc2c(c(OC)c1)C=C(c1ccccc1)C(Cl)N2. The number of halogens is 1. The summed E-state index contributed by atoms with van der Waals surface area (Å²) in [5.74, 6) is 1.49. The molecule has 1 N–H and O–H groups in total. The zero-order chi connectivity index (χ0) is 14.8. The second-order valence-corrected chi connectivity index (χ2v) is 5.20. The molecular weight excluding hydrogens is 286 g/mol. The smallest absolute Gasteiger partial charge is 0.131 e. The molecule has 1 aliphatic rings. The summed E-state index contributed by atoms with van der Waals surface area (Å²) < 4.78 is 10.8. The number of fused-ring (bicyclic) bond motifs is 1. The van der Waals surface area contributed by atoms with Gasteiger partial charge in [-0.1, -0.05) is 41.9 Å². The van der Waals surface area contributed by atoms with Crippen molar-refractivity contribution in [3.8, 4) is 11.5 Å². The van der Waals surface area contributed by atoms with Crippen LogP contribution in [0.2, 0.25) is 0 Å². The molecule has 3 rings (SSSR count). The second kappa shape index (κ2) is 5.70. The number of ether oxygens (including phenoxy) is 2. The molecule has 1 aliphatic heterocycles. The Morgan fingerprint density at radius 2 is 1.81 bits per heavy atom. The summed E-state index contributed by atoms with van der Waals surface area (Å²) in [6.07, 6.45) is 2.07. The van der Waals surface area contributed by atoms with E-state index in [0.717, 1.165) is 33.9 Å². The van der Waals surface area contributed by atoms with Gasteiger partial charge in [-0.05, 0) is 17.2 Å². The fraction of sp³-hybridized carbons (Fsp3) is 0.176. The van der Waals surface area contributed by atoms with E-state index in [2.05, 4.69) is 11.4 Å². The van der Waals surface area contributed by atoms with Gasteiger partial charge in [-0.3, -0.25) is 0 Å². The van der Waals surface area contributed by atoms with E-state index in [1.807, 2.05) is 42.5 Å². The van der Waals surface area contributed by atoms with E-state index in [-0.39, 0.29) is 5.50 Å². The summed E-state index contributed by atoms with van der Waals surface area (Å²) in [4.78, 5) is 0. The van der Waals surface area contributed by atoms with Crippen molar-refractivity contribution in [2.75, 3.05) is 19.5 Å². The van der Waals surface area contributed by atoms with E-state index in [4.69, 9.17) is 21.1 Å². The average Bonchev–Trinajstić information content (AvgIpc) is 2.53. The van der Waals surface area contributed by atoms with Crippen molar-refractivity contribution < 1.29 is 9.47 Å². The van der Waals surface area contributed by atoms with Crippen molar-refractivity contribution in [2.24, 2.45) is 0 Å². The molecule has 1 heterocycles. The Morgan fingerprint density at radius 1 is 1.05 bits per heavy atom. The third-order valence-corrected chi connectivity index (χ3v) is 3.88. The first kappa shape index (κ1) is 13.8. The molecule has 0 aliphatic carbocycles. The van der Waals surface area contributed by atoms with Gasteiger partial charge in [0.15, 0.2) is 0 Å². The van der Waals surface area contributed by atoms with Crippen LogP contribution >= 0.6 is 11.6 Å². The molecule has 1 atom stereocenters. The van der Waals surface area contributed by atoms with Crippen LogP contribution in [0.4, 0.5) is 5.69 Å². The van der Waals surface area contributed by atoms with Crippen LogP contribution in [0.15, 0.2) is 42.5 Å². The lowest BCUT2D eigenvalue weighted by molar-refractivity contribution is 0.394. The Bertz CT molecular complexity index is 683. The Kier molecular flexibility index (Phi) is 3.76. The number of rotatable bonds is 3. The van der Waals surface area contributed by atoms with Crippen molar-refractivity contribution >= 4 is 28.9 Å². The molecule has 21 heavy (non-hydrogen) atoms. The standard InChI is InChI=1S/C17H16ClNO2/c1-20-12-8-15-14(16(9-12)21-2)10-13(17(18)19-15)11-6-4-3-5-7-11/h3-10,17,19H,1-2H3. The van der Waals surface area contributed by atoms with Crippen LogP contribution in [-0.4, -0.2) is 19.7 Å². The molecule has 0 aromatic heterocycles. The topological polar surface area (TPSA) is 30.5 Å². The van der Waals surface area contributed by atoms with Gasteiger partial charge in [-0.15, -0.1) is 0 Å². The van der Waals surface area contributed by atoms with E-state index in [0.29, 0.717) is 0 Å². The third kappa shape index (κ3) is 2.57. The molecule has 0 amide bonds. The maximum atomic E-state index is 6.47.